The normalized spacial score (nSPS) is 30.3. The molecule has 1 amide bonds. The van der Waals surface area contributed by atoms with Crippen LogP contribution >= 0.6 is 0 Å². The van der Waals surface area contributed by atoms with Crippen LogP contribution in [0.25, 0.3) is 0 Å². The van der Waals surface area contributed by atoms with Gasteiger partial charge in [0.15, 0.2) is 0 Å². The summed E-state index contributed by atoms with van der Waals surface area (Å²) < 4.78 is 0. The van der Waals surface area contributed by atoms with Gasteiger partial charge in [-0.1, -0.05) is 18.9 Å². The highest BCUT2D eigenvalue weighted by Crippen LogP contribution is 2.36. The average Bonchev–Trinajstić information content (AvgIpc) is 3.15. The van der Waals surface area contributed by atoms with Gasteiger partial charge in [0.1, 0.15) is 0 Å². The van der Waals surface area contributed by atoms with Crippen molar-refractivity contribution in [2.75, 3.05) is 26.2 Å². The molecule has 1 aromatic heterocycles. The summed E-state index contributed by atoms with van der Waals surface area (Å²) in [4.78, 5) is 21.6. The van der Waals surface area contributed by atoms with Crippen LogP contribution in [0.3, 0.4) is 0 Å². The minimum absolute atomic E-state index is 0.154. The molecule has 0 spiro atoms. The fourth-order valence-electron chi connectivity index (χ4n) is 5.05. The molecular weight excluding hydrogens is 326 g/mol. The summed E-state index contributed by atoms with van der Waals surface area (Å²) in [5, 5.41) is 11.1. The molecular formula is C21H31N3O2. The molecule has 26 heavy (non-hydrogen) atoms. The van der Waals surface area contributed by atoms with E-state index in [0.29, 0.717) is 24.8 Å². The van der Waals surface area contributed by atoms with Crippen molar-refractivity contribution in [2.24, 2.45) is 11.8 Å². The monoisotopic (exact) mass is 357 g/mol. The van der Waals surface area contributed by atoms with Crippen LogP contribution in [0, 0.1) is 11.8 Å². The molecule has 142 valence electrons. The maximum Gasteiger partial charge on any atom is 0.222 e. The standard InChI is InChI=1S/C21H31N3O2/c25-20(13-17-5-1-2-6-17)24-12-9-21(26)8-11-23(14-18(21)15-24)16-19-7-3-4-10-22-19/h3-4,7,10,17-18,26H,1-2,5-6,8-9,11-16H2/t18-,21-/m0/s1. The van der Waals surface area contributed by atoms with Gasteiger partial charge in [0, 0.05) is 51.3 Å². The molecule has 1 saturated carbocycles. The third kappa shape index (κ3) is 3.94. The minimum atomic E-state index is -0.593. The van der Waals surface area contributed by atoms with Gasteiger partial charge in [0.2, 0.25) is 5.91 Å². The number of aromatic nitrogens is 1. The molecule has 0 unspecified atom stereocenters. The van der Waals surface area contributed by atoms with Crippen molar-refractivity contribution >= 4 is 5.91 Å². The molecule has 0 bridgehead atoms. The molecule has 1 aliphatic carbocycles. The summed E-state index contributed by atoms with van der Waals surface area (Å²) in [6.45, 7) is 4.00. The Morgan fingerprint density at radius 3 is 2.77 bits per heavy atom. The second-order valence-corrected chi connectivity index (χ2v) is 8.55. The van der Waals surface area contributed by atoms with Gasteiger partial charge in [-0.3, -0.25) is 14.7 Å². The predicted molar refractivity (Wildman–Crippen MR) is 100 cm³/mol. The Labute approximate surface area is 156 Å². The number of nitrogens with zero attached hydrogens (tertiary/aromatic N) is 3. The Morgan fingerprint density at radius 1 is 1.19 bits per heavy atom. The molecule has 3 fully saturated rings. The third-order valence-corrected chi connectivity index (χ3v) is 6.76. The van der Waals surface area contributed by atoms with Crippen molar-refractivity contribution in [3.63, 3.8) is 0 Å². The molecule has 2 saturated heterocycles. The van der Waals surface area contributed by atoms with E-state index in [1.54, 1.807) is 0 Å². The van der Waals surface area contributed by atoms with E-state index in [1.807, 2.05) is 23.2 Å². The Morgan fingerprint density at radius 2 is 2.00 bits per heavy atom. The lowest BCUT2D eigenvalue weighted by Gasteiger charge is -2.50. The molecule has 1 aromatic rings. The Bertz CT molecular complexity index is 617. The van der Waals surface area contributed by atoms with Crippen molar-refractivity contribution in [1.82, 2.24) is 14.8 Å². The molecule has 4 rings (SSSR count). The number of carbonyl (C=O) groups excluding carboxylic acids is 1. The Hall–Kier alpha value is -1.46. The van der Waals surface area contributed by atoms with Crippen LogP contribution in [-0.2, 0) is 11.3 Å². The maximum absolute atomic E-state index is 12.7. The summed E-state index contributed by atoms with van der Waals surface area (Å²) in [5.74, 6) is 1.05. The first kappa shape index (κ1) is 17.9. The topological polar surface area (TPSA) is 56.7 Å². The fourth-order valence-corrected chi connectivity index (χ4v) is 5.05. The van der Waals surface area contributed by atoms with Crippen molar-refractivity contribution < 1.29 is 9.90 Å². The number of fused-ring (bicyclic) bond motifs is 1. The zero-order valence-electron chi connectivity index (χ0n) is 15.6. The van der Waals surface area contributed by atoms with Gasteiger partial charge in [-0.2, -0.15) is 0 Å². The number of hydrogen-bond acceptors (Lipinski definition) is 4. The summed E-state index contributed by atoms with van der Waals surface area (Å²) in [5.41, 5.74) is 0.480. The molecule has 1 N–H and O–H groups in total. The van der Waals surface area contributed by atoms with Crippen molar-refractivity contribution in [1.29, 1.82) is 0 Å². The third-order valence-electron chi connectivity index (χ3n) is 6.76. The van der Waals surface area contributed by atoms with Gasteiger partial charge in [-0.05, 0) is 43.7 Å². The van der Waals surface area contributed by atoms with E-state index < -0.39 is 5.60 Å². The number of aliphatic hydroxyl groups is 1. The summed E-state index contributed by atoms with van der Waals surface area (Å²) in [6, 6.07) is 6.01. The Kier molecular flexibility index (Phi) is 5.28. The minimum Gasteiger partial charge on any atom is -0.389 e. The zero-order valence-corrected chi connectivity index (χ0v) is 15.6. The van der Waals surface area contributed by atoms with Gasteiger partial charge in [0.05, 0.1) is 11.3 Å². The van der Waals surface area contributed by atoms with Crippen molar-refractivity contribution in [3.8, 4) is 0 Å². The summed E-state index contributed by atoms with van der Waals surface area (Å²) in [7, 11) is 0. The highest BCUT2D eigenvalue weighted by molar-refractivity contribution is 5.76. The first-order valence-electron chi connectivity index (χ1n) is 10.2. The second-order valence-electron chi connectivity index (χ2n) is 8.55. The van der Waals surface area contributed by atoms with E-state index >= 15 is 0 Å². The maximum atomic E-state index is 12.7. The number of carbonyl (C=O) groups is 1. The fraction of sp³-hybridized carbons (Fsp3) is 0.714. The van der Waals surface area contributed by atoms with E-state index in [4.69, 9.17) is 0 Å². The van der Waals surface area contributed by atoms with E-state index in [-0.39, 0.29) is 5.92 Å². The first-order valence-corrected chi connectivity index (χ1v) is 10.2. The van der Waals surface area contributed by atoms with Crippen LogP contribution < -0.4 is 0 Å². The molecule has 2 atom stereocenters. The number of pyridine rings is 1. The predicted octanol–water partition coefficient (Wildman–Crippen LogP) is 2.45. The van der Waals surface area contributed by atoms with E-state index in [9.17, 15) is 9.90 Å². The lowest BCUT2D eigenvalue weighted by Crippen LogP contribution is -2.60. The van der Waals surface area contributed by atoms with Crippen LogP contribution in [0.15, 0.2) is 24.4 Å². The Balaban J connectivity index is 1.36. The highest BCUT2D eigenvalue weighted by Gasteiger charge is 2.45. The van der Waals surface area contributed by atoms with Gasteiger partial charge in [-0.25, -0.2) is 0 Å². The lowest BCUT2D eigenvalue weighted by atomic mass is 9.75. The van der Waals surface area contributed by atoms with Crippen LogP contribution in [0.5, 0.6) is 0 Å². The molecule has 3 aliphatic rings. The molecule has 5 heteroatoms. The van der Waals surface area contributed by atoms with Crippen LogP contribution in [0.2, 0.25) is 0 Å². The number of rotatable bonds is 4. The van der Waals surface area contributed by atoms with Gasteiger partial charge in [0.25, 0.3) is 0 Å². The second kappa shape index (κ2) is 7.65. The first-order chi connectivity index (χ1) is 12.6. The average molecular weight is 357 g/mol. The van der Waals surface area contributed by atoms with Gasteiger partial charge >= 0.3 is 0 Å². The SMILES string of the molecule is O=C(CC1CCCC1)N1CC[C@@]2(O)CCN(Cc3ccccn3)C[C@H]2C1. The number of likely N-dealkylation sites (tertiary alicyclic amines) is 2. The molecule has 5 nitrogen and oxygen atoms in total. The number of piperidine rings is 2. The lowest BCUT2D eigenvalue weighted by molar-refractivity contribution is -0.148. The highest BCUT2D eigenvalue weighted by atomic mass is 16.3. The number of hydrogen-bond donors (Lipinski definition) is 1. The van der Waals surface area contributed by atoms with E-state index in [0.717, 1.165) is 44.7 Å². The van der Waals surface area contributed by atoms with E-state index in [2.05, 4.69) is 16.0 Å². The van der Waals surface area contributed by atoms with E-state index in [1.165, 1.54) is 25.7 Å². The quantitative estimate of drug-likeness (QED) is 0.899. The molecule has 3 heterocycles. The summed E-state index contributed by atoms with van der Waals surface area (Å²) in [6.07, 6.45) is 9.06. The van der Waals surface area contributed by atoms with Gasteiger partial charge in [-0.15, -0.1) is 0 Å². The van der Waals surface area contributed by atoms with Crippen LogP contribution in [-0.4, -0.2) is 57.6 Å². The molecule has 0 aromatic carbocycles. The largest absolute Gasteiger partial charge is 0.389 e. The van der Waals surface area contributed by atoms with Gasteiger partial charge < -0.3 is 10.0 Å². The molecule has 2 aliphatic heterocycles. The van der Waals surface area contributed by atoms with Crippen molar-refractivity contribution in [2.45, 2.75) is 57.1 Å². The molecule has 0 radical (unpaired) electrons. The number of amides is 1. The smallest absolute Gasteiger partial charge is 0.222 e. The van der Waals surface area contributed by atoms with Crippen LogP contribution in [0.1, 0.15) is 50.6 Å². The zero-order chi connectivity index (χ0) is 18.0. The summed E-state index contributed by atoms with van der Waals surface area (Å²) >= 11 is 0. The van der Waals surface area contributed by atoms with Crippen LogP contribution in [0.4, 0.5) is 0 Å². The van der Waals surface area contributed by atoms with Crippen molar-refractivity contribution in [3.05, 3.63) is 30.1 Å².